The van der Waals surface area contributed by atoms with Crippen LogP contribution in [0, 0.1) is 11.6 Å². The summed E-state index contributed by atoms with van der Waals surface area (Å²) in [6, 6.07) is 10.1. The van der Waals surface area contributed by atoms with Gasteiger partial charge in [-0.3, -0.25) is 4.79 Å². The fourth-order valence-electron chi connectivity index (χ4n) is 2.62. The Morgan fingerprint density at radius 1 is 1.13 bits per heavy atom. The van der Waals surface area contributed by atoms with Crippen LogP contribution in [0.5, 0.6) is 0 Å². The molecule has 0 radical (unpaired) electrons. The van der Waals surface area contributed by atoms with Crippen LogP contribution in [-0.2, 0) is 20.9 Å². The molecule has 0 heterocycles. The van der Waals surface area contributed by atoms with Gasteiger partial charge in [0.2, 0.25) is 0 Å². The lowest BCUT2D eigenvalue weighted by molar-refractivity contribution is -0.122. The number of ether oxygens (including phenoxy) is 2. The second-order valence-electron chi connectivity index (χ2n) is 7.79. The Morgan fingerprint density at radius 3 is 2.39 bits per heavy atom. The van der Waals surface area contributed by atoms with E-state index in [0.717, 1.165) is 22.6 Å². The van der Waals surface area contributed by atoms with E-state index in [1.165, 1.54) is 7.05 Å². The molecule has 2 aromatic rings. The Balaban J connectivity index is 2.17. The van der Waals surface area contributed by atoms with E-state index in [0.29, 0.717) is 0 Å². The van der Waals surface area contributed by atoms with E-state index in [4.69, 9.17) is 21.1 Å². The van der Waals surface area contributed by atoms with Gasteiger partial charge >= 0.3 is 6.09 Å². The molecular weight excluding hydrogens is 430 g/mol. The monoisotopic (exact) mass is 454 g/mol. The van der Waals surface area contributed by atoms with Crippen LogP contribution in [0.1, 0.15) is 26.3 Å². The van der Waals surface area contributed by atoms with Crippen molar-refractivity contribution in [1.29, 1.82) is 0 Å². The van der Waals surface area contributed by atoms with Gasteiger partial charge in [-0.05, 0) is 38.5 Å². The van der Waals surface area contributed by atoms with Gasteiger partial charge in [-0.1, -0.05) is 41.9 Å². The number of hydrogen-bond donors (Lipinski definition) is 1. The summed E-state index contributed by atoms with van der Waals surface area (Å²) in [6.07, 6.45) is -0.833. The number of carbonyl (C=O) groups is 2. The molecule has 1 N–H and O–H groups in total. The van der Waals surface area contributed by atoms with E-state index in [9.17, 15) is 18.4 Å². The van der Waals surface area contributed by atoms with E-state index < -0.39 is 40.3 Å². The minimum absolute atomic E-state index is 0.196. The molecule has 2 amide bonds. The highest BCUT2D eigenvalue weighted by Gasteiger charge is 2.29. The van der Waals surface area contributed by atoms with Crippen LogP contribution >= 0.6 is 11.6 Å². The summed E-state index contributed by atoms with van der Waals surface area (Å²) in [7, 11) is 1.29. The SMILES string of the molecule is CN(C(=O)C(COCc1ccccc1)NC(=O)OC(C)(C)C)c1ccc(F)c(Cl)c1F. The van der Waals surface area contributed by atoms with Gasteiger partial charge < -0.3 is 19.7 Å². The third-order valence-corrected chi connectivity index (χ3v) is 4.44. The van der Waals surface area contributed by atoms with Gasteiger partial charge in [-0.15, -0.1) is 0 Å². The molecule has 31 heavy (non-hydrogen) atoms. The van der Waals surface area contributed by atoms with Crippen molar-refractivity contribution in [3.8, 4) is 0 Å². The number of alkyl carbamates (subject to hydrolysis) is 1. The Labute approximate surface area is 185 Å². The highest BCUT2D eigenvalue weighted by Crippen LogP contribution is 2.28. The molecule has 0 fully saturated rings. The molecule has 1 unspecified atom stereocenters. The summed E-state index contributed by atoms with van der Waals surface area (Å²) >= 11 is 5.62. The minimum atomic E-state index is -1.19. The average Bonchev–Trinajstić information content (AvgIpc) is 2.70. The number of rotatable bonds is 7. The van der Waals surface area contributed by atoms with Crippen molar-refractivity contribution in [3.63, 3.8) is 0 Å². The average molecular weight is 455 g/mol. The maximum absolute atomic E-state index is 14.4. The first-order chi connectivity index (χ1) is 14.5. The van der Waals surface area contributed by atoms with Crippen LogP contribution in [-0.4, -0.2) is 37.3 Å². The molecule has 0 saturated heterocycles. The van der Waals surface area contributed by atoms with Gasteiger partial charge in [-0.2, -0.15) is 0 Å². The predicted octanol–water partition coefficient (Wildman–Crippen LogP) is 4.69. The van der Waals surface area contributed by atoms with Crippen LogP contribution in [0.4, 0.5) is 19.3 Å². The number of amides is 2. The fraction of sp³-hybridized carbons (Fsp3) is 0.364. The first-order valence-electron chi connectivity index (χ1n) is 9.52. The quantitative estimate of drug-likeness (QED) is 0.616. The third-order valence-electron chi connectivity index (χ3n) is 4.09. The highest BCUT2D eigenvalue weighted by molar-refractivity contribution is 6.31. The molecule has 1 atom stereocenters. The van der Waals surface area contributed by atoms with Crippen LogP contribution in [0.3, 0.4) is 0 Å². The van der Waals surface area contributed by atoms with Gasteiger partial charge in [0.1, 0.15) is 22.5 Å². The Bertz CT molecular complexity index is 920. The molecule has 0 saturated carbocycles. The first-order valence-corrected chi connectivity index (χ1v) is 9.89. The molecule has 9 heteroatoms. The zero-order valence-corrected chi connectivity index (χ0v) is 18.5. The fourth-order valence-corrected chi connectivity index (χ4v) is 2.78. The van der Waals surface area contributed by atoms with E-state index >= 15 is 0 Å². The van der Waals surface area contributed by atoms with E-state index in [1.807, 2.05) is 30.3 Å². The number of hydrogen-bond acceptors (Lipinski definition) is 4. The van der Waals surface area contributed by atoms with Crippen molar-refractivity contribution < 1.29 is 27.8 Å². The van der Waals surface area contributed by atoms with Crippen LogP contribution in [0.15, 0.2) is 42.5 Å². The second kappa shape index (κ2) is 10.5. The number of nitrogens with zero attached hydrogens (tertiary/aromatic N) is 1. The second-order valence-corrected chi connectivity index (χ2v) is 8.17. The molecule has 0 aliphatic heterocycles. The van der Waals surface area contributed by atoms with Gasteiger partial charge in [0.15, 0.2) is 5.82 Å². The summed E-state index contributed by atoms with van der Waals surface area (Å²) in [6.45, 7) is 5.03. The molecule has 0 bridgehead atoms. The molecule has 0 spiro atoms. The molecule has 2 aromatic carbocycles. The van der Waals surface area contributed by atoms with Crippen LogP contribution in [0.25, 0.3) is 0 Å². The van der Waals surface area contributed by atoms with Crippen LogP contribution in [0.2, 0.25) is 5.02 Å². The lowest BCUT2D eigenvalue weighted by Gasteiger charge is -2.27. The Morgan fingerprint density at radius 2 is 1.77 bits per heavy atom. The number of halogens is 3. The lowest BCUT2D eigenvalue weighted by atomic mass is 10.2. The summed E-state index contributed by atoms with van der Waals surface area (Å²) in [5.74, 6) is -2.72. The standard InChI is InChI=1S/C22H25ClF2N2O4/c1-22(2,3)31-21(29)26-16(13-30-12-14-8-6-5-7-9-14)20(28)27(4)17-11-10-15(24)18(23)19(17)25/h5-11,16H,12-13H2,1-4H3,(H,26,29). The van der Waals surface area contributed by atoms with Crippen molar-refractivity contribution in [2.75, 3.05) is 18.6 Å². The third kappa shape index (κ3) is 7.18. The van der Waals surface area contributed by atoms with Crippen LogP contribution < -0.4 is 10.2 Å². The zero-order valence-electron chi connectivity index (χ0n) is 17.7. The Kier molecular flexibility index (Phi) is 8.36. The molecule has 0 aromatic heterocycles. The maximum Gasteiger partial charge on any atom is 0.408 e. The molecule has 6 nitrogen and oxygen atoms in total. The number of carbonyl (C=O) groups excluding carboxylic acids is 2. The van der Waals surface area contributed by atoms with Gasteiger partial charge in [0, 0.05) is 7.05 Å². The van der Waals surface area contributed by atoms with E-state index in [1.54, 1.807) is 20.8 Å². The van der Waals surface area contributed by atoms with Crippen molar-refractivity contribution >= 4 is 29.3 Å². The smallest absolute Gasteiger partial charge is 0.408 e. The lowest BCUT2D eigenvalue weighted by Crippen LogP contribution is -2.51. The maximum atomic E-state index is 14.4. The summed E-state index contributed by atoms with van der Waals surface area (Å²) in [5.41, 5.74) is -0.156. The summed E-state index contributed by atoms with van der Waals surface area (Å²) in [5, 5.41) is 1.72. The predicted molar refractivity (Wildman–Crippen MR) is 114 cm³/mol. The topological polar surface area (TPSA) is 67.9 Å². The number of nitrogens with one attached hydrogen (secondary N) is 1. The van der Waals surface area contributed by atoms with Gasteiger partial charge in [0.25, 0.3) is 5.91 Å². The van der Waals surface area contributed by atoms with E-state index in [2.05, 4.69) is 5.32 Å². The van der Waals surface area contributed by atoms with Crippen molar-refractivity contribution in [1.82, 2.24) is 5.32 Å². The Hall–Kier alpha value is -2.71. The number of benzene rings is 2. The van der Waals surface area contributed by atoms with Gasteiger partial charge in [0.05, 0.1) is 18.9 Å². The summed E-state index contributed by atoms with van der Waals surface area (Å²) in [4.78, 5) is 26.2. The number of likely N-dealkylation sites (N-methyl/N-ethyl adjacent to an activating group) is 1. The molecule has 2 rings (SSSR count). The van der Waals surface area contributed by atoms with Gasteiger partial charge in [-0.25, -0.2) is 13.6 Å². The van der Waals surface area contributed by atoms with E-state index in [-0.39, 0.29) is 18.9 Å². The molecule has 0 aliphatic rings. The molecule has 0 aliphatic carbocycles. The highest BCUT2D eigenvalue weighted by atomic mass is 35.5. The van der Waals surface area contributed by atoms with Crippen molar-refractivity contribution in [2.24, 2.45) is 0 Å². The first kappa shape index (κ1) is 24.6. The number of anilines is 1. The zero-order chi connectivity index (χ0) is 23.2. The summed E-state index contributed by atoms with van der Waals surface area (Å²) < 4.78 is 38.7. The van der Waals surface area contributed by atoms with Crippen molar-refractivity contribution in [2.45, 2.75) is 39.0 Å². The largest absolute Gasteiger partial charge is 0.444 e. The molecule has 168 valence electrons. The normalized spacial score (nSPS) is 12.2. The molecular formula is C22H25ClF2N2O4. The van der Waals surface area contributed by atoms with Crippen molar-refractivity contribution in [3.05, 3.63) is 64.7 Å². The minimum Gasteiger partial charge on any atom is -0.444 e.